The van der Waals surface area contributed by atoms with E-state index < -0.39 is 0 Å². The Morgan fingerprint density at radius 3 is 2.77 bits per heavy atom. The van der Waals surface area contributed by atoms with Crippen LogP contribution in [0.15, 0.2) is 15.5 Å². The monoisotopic (exact) mass is 481 g/mol. The largest absolute Gasteiger partial charge is 0.380 e. The van der Waals surface area contributed by atoms with E-state index in [1.165, 1.54) is 4.68 Å². The van der Waals surface area contributed by atoms with Crippen LogP contribution in [-0.2, 0) is 11.3 Å². The van der Waals surface area contributed by atoms with Crippen LogP contribution in [-0.4, -0.2) is 41.4 Å². The van der Waals surface area contributed by atoms with Crippen LogP contribution in [0.4, 0.5) is 5.69 Å². The lowest BCUT2D eigenvalue weighted by Crippen LogP contribution is -2.48. The lowest BCUT2D eigenvalue weighted by molar-refractivity contribution is -0.122. The first-order valence-corrected chi connectivity index (χ1v) is 11.9. The normalized spacial score (nSPS) is 30.8. The zero-order chi connectivity index (χ0) is 22.1. The van der Waals surface area contributed by atoms with Crippen molar-refractivity contribution in [2.75, 3.05) is 25.0 Å². The van der Waals surface area contributed by atoms with Crippen molar-refractivity contribution in [3.05, 3.63) is 21.0 Å². The van der Waals surface area contributed by atoms with Gasteiger partial charge in [-0.3, -0.25) is 9.59 Å². The van der Waals surface area contributed by atoms with E-state index in [9.17, 15) is 9.59 Å². The van der Waals surface area contributed by atoms with Gasteiger partial charge in [-0.2, -0.15) is 5.10 Å². The number of hydrogen-bond acceptors (Lipinski definition) is 5. The maximum atomic E-state index is 12.8. The molecule has 168 valence electrons. The third-order valence-corrected chi connectivity index (χ3v) is 8.61. The molecule has 5 atom stereocenters. The summed E-state index contributed by atoms with van der Waals surface area (Å²) >= 11 is 3.44. The molecule has 3 N–H and O–H groups in total. The Labute approximate surface area is 187 Å². The number of carbonyl (C=O) groups is 1. The molecule has 1 aliphatic heterocycles. The van der Waals surface area contributed by atoms with E-state index >= 15 is 0 Å². The lowest BCUT2D eigenvalue weighted by Gasteiger charge is -2.50. The SMILES string of the molecule is C[C@@H]1[C@@H](C)C(C)(C)[C@@H](C)C[C@H]1Nc1cnn(CC(=O)NC[C@H]2CCNC2)c(=O)c1Br. The molecule has 2 aliphatic rings. The molecule has 0 unspecified atom stereocenters. The highest BCUT2D eigenvalue weighted by Crippen LogP contribution is 2.48. The number of halogens is 1. The maximum absolute atomic E-state index is 12.8. The Hall–Kier alpha value is -1.41. The van der Waals surface area contributed by atoms with Crippen molar-refractivity contribution in [3.8, 4) is 0 Å². The van der Waals surface area contributed by atoms with Gasteiger partial charge in [0, 0.05) is 12.6 Å². The van der Waals surface area contributed by atoms with E-state index in [4.69, 9.17) is 0 Å². The third-order valence-electron chi connectivity index (χ3n) is 7.84. The van der Waals surface area contributed by atoms with Gasteiger partial charge in [0.2, 0.25) is 5.91 Å². The topological polar surface area (TPSA) is 88.1 Å². The summed E-state index contributed by atoms with van der Waals surface area (Å²) in [5.74, 6) is 1.89. The van der Waals surface area contributed by atoms with E-state index in [1.54, 1.807) is 6.20 Å². The number of rotatable bonds is 6. The second-order valence-corrected chi connectivity index (χ2v) is 10.6. The van der Waals surface area contributed by atoms with Gasteiger partial charge in [0.15, 0.2) is 0 Å². The van der Waals surface area contributed by atoms with Crippen molar-refractivity contribution in [3.63, 3.8) is 0 Å². The quantitative estimate of drug-likeness (QED) is 0.581. The van der Waals surface area contributed by atoms with Crippen LogP contribution in [0.2, 0.25) is 0 Å². The highest BCUT2D eigenvalue weighted by Gasteiger charge is 2.43. The van der Waals surface area contributed by atoms with Gasteiger partial charge in [0.05, 0.1) is 11.9 Å². The minimum atomic E-state index is -0.289. The number of nitrogens with zero attached hydrogens (tertiary/aromatic N) is 2. The average Bonchev–Trinajstić information content (AvgIpc) is 3.22. The average molecular weight is 482 g/mol. The minimum Gasteiger partial charge on any atom is -0.380 e. The summed E-state index contributed by atoms with van der Waals surface area (Å²) in [6.07, 6.45) is 3.77. The van der Waals surface area contributed by atoms with Crippen molar-refractivity contribution in [2.24, 2.45) is 29.1 Å². The van der Waals surface area contributed by atoms with Crippen LogP contribution in [0.5, 0.6) is 0 Å². The first kappa shape index (κ1) is 23.3. The zero-order valence-electron chi connectivity index (χ0n) is 18.8. The Morgan fingerprint density at radius 2 is 2.10 bits per heavy atom. The molecule has 0 aromatic carbocycles. The first-order chi connectivity index (χ1) is 14.1. The van der Waals surface area contributed by atoms with Crippen molar-refractivity contribution in [2.45, 2.75) is 60.0 Å². The van der Waals surface area contributed by atoms with Gasteiger partial charge in [-0.1, -0.05) is 34.6 Å². The molecule has 7 nitrogen and oxygen atoms in total. The Bertz CT molecular complexity index is 818. The molecule has 2 fully saturated rings. The van der Waals surface area contributed by atoms with Crippen LogP contribution >= 0.6 is 15.9 Å². The maximum Gasteiger partial charge on any atom is 0.283 e. The van der Waals surface area contributed by atoms with Crippen molar-refractivity contribution in [1.82, 2.24) is 20.4 Å². The molecule has 0 spiro atoms. The van der Waals surface area contributed by atoms with Crippen molar-refractivity contribution in [1.29, 1.82) is 0 Å². The number of nitrogens with one attached hydrogen (secondary N) is 3. The molecule has 1 aromatic heterocycles. The summed E-state index contributed by atoms with van der Waals surface area (Å²) in [4.78, 5) is 25.0. The summed E-state index contributed by atoms with van der Waals surface area (Å²) in [6, 6.07) is 0.277. The van der Waals surface area contributed by atoms with Gasteiger partial charge < -0.3 is 16.0 Å². The van der Waals surface area contributed by atoms with E-state index in [0.29, 0.717) is 45.8 Å². The summed E-state index contributed by atoms with van der Waals surface area (Å²) in [5, 5.41) is 14.0. The Kier molecular flexibility index (Phi) is 7.28. The van der Waals surface area contributed by atoms with Gasteiger partial charge >= 0.3 is 0 Å². The number of amides is 1. The fourth-order valence-electron chi connectivity index (χ4n) is 4.78. The van der Waals surface area contributed by atoms with Crippen molar-refractivity contribution < 1.29 is 4.79 Å². The van der Waals surface area contributed by atoms with E-state index in [2.05, 4.69) is 71.6 Å². The lowest BCUT2D eigenvalue weighted by atomic mass is 9.58. The molecule has 1 saturated heterocycles. The third kappa shape index (κ3) is 4.90. The fourth-order valence-corrected chi connectivity index (χ4v) is 5.20. The highest BCUT2D eigenvalue weighted by molar-refractivity contribution is 9.10. The molecule has 1 saturated carbocycles. The molecule has 0 radical (unpaired) electrons. The number of anilines is 1. The number of aromatic nitrogens is 2. The second kappa shape index (κ2) is 9.39. The molecular weight excluding hydrogens is 446 g/mol. The van der Waals surface area contributed by atoms with Gasteiger partial charge in [0.25, 0.3) is 5.56 Å². The summed E-state index contributed by atoms with van der Waals surface area (Å²) in [5.41, 5.74) is 0.700. The molecule has 2 heterocycles. The van der Waals surface area contributed by atoms with Crippen LogP contribution in [0.1, 0.15) is 47.5 Å². The second-order valence-electron chi connectivity index (χ2n) is 9.85. The number of carbonyl (C=O) groups excluding carboxylic acids is 1. The van der Waals surface area contributed by atoms with Crippen LogP contribution < -0.4 is 21.5 Å². The van der Waals surface area contributed by atoms with Gasteiger partial charge in [-0.15, -0.1) is 0 Å². The molecule has 0 bridgehead atoms. The molecular formula is C22H36BrN5O2. The van der Waals surface area contributed by atoms with E-state index in [0.717, 1.165) is 25.9 Å². The summed E-state index contributed by atoms with van der Waals surface area (Å²) in [7, 11) is 0. The van der Waals surface area contributed by atoms with E-state index in [-0.39, 0.29) is 24.1 Å². The van der Waals surface area contributed by atoms with Gasteiger partial charge in [-0.05, 0) is 70.9 Å². The molecule has 3 rings (SSSR count). The van der Waals surface area contributed by atoms with E-state index in [1.807, 2.05) is 0 Å². The predicted molar refractivity (Wildman–Crippen MR) is 123 cm³/mol. The van der Waals surface area contributed by atoms with Crippen LogP contribution in [0.25, 0.3) is 0 Å². The Morgan fingerprint density at radius 1 is 1.37 bits per heavy atom. The predicted octanol–water partition coefficient (Wildman–Crippen LogP) is 2.85. The van der Waals surface area contributed by atoms with Gasteiger partial charge in [-0.25, -0.2) is 4.68 Å². The zero-order valence-corrected chi connectivity index (χ0v) is 20.4. The highest BCUT2D eigenvalue weighted by atomic mass is 79.9. The minimum absolute atomic E-state index is 0.0695. The molecule has 1 aromatic rings. The molecule has 8 heteroatoms. The molecule has 1 aliphatic carbocycles. The van der Waals surface area contributed by atoms with Gasteiger partial charge in [0.1, 0.15) is 11.0 Å². The molecule has 30 heavy (non-hydrogen) atoms. The molecule has 1 amide bonds. The number of hydrogen-bond donors (Lipinski definition) is 3. The Balaban J connectivity index is 1.64. The smallest absolute Gasteiger partial charge is 0.283 e. The van der Waals surface area contributed by atoms with Crippen LogP contribution in [0, 0.1) is 29.1 Å². The first-order valence-electron chi connectivity index (χ1n) is 11.1. The van der Waals surface area contributed by atoms with Crippen LogP contribution in [0.3, 0.4) is 0 Å². The standard InChI is InChI=1S/C22H36BrN5O2/c1-13-8-17(14(2)15(3)22(13,4)5)27-18-11-26-28(21(30)20(18)23)12-19(29)25-10-16-6-7-24-9-16/h11,13-17,24,27H,6-10,12H2,1-5H3,(H,25,29)/t13-,14+,15+,16-,17+/m0/s1. The summed E-state index contributed by atoms with van der Waals surface area (Å²) < 4.78 is 1.65. The summed E-state index contributed by atoms with van der Waals surface area (Å²) in [6.45, 7) is 14.1. The van der Waals surface area contributed by atoms with Crippen molar-refractivity contribution >= 4 is 27.5 Å². The fraction of sp³-hybridized carbons (Fsp3) is 0.773.